The molecule has 3 rings (SSSR count). The van der Waals surface area contributed by atoms with Crippen molar-refractivity contribution in [3.05, 3.63) is 83.2 Å². The number of nitrogens with zero attached hydrogens (tertiary/aromatic N) is 3. The number of carboxylic acid groups (broad SMARTS) is 1. The predicted octanol–water partition coefficient (Wildman–Crippen LogP) is 5.58. The first-order valence-electron chi connectivity index (χ1n) is 16.7. The van der Waals surface area contributed by atoms with E-state index in [1.165, 1.54) is 6.20 Å². The smallest absolute Gasteiger partial charge is 0.326 e. The number of nitrogens with one attached hydrogen (secondary N) is 3. The summed E-state index contributed by atoms with van der Waals surface area (Å²) in [5.41, 5.74) is 0.356. The Kier molecular flexibility index (Phi) is 17.5. The lowest BCUT2D eigenvalue weighted by molar-refractivity contribution is -0.142. The van der Waals surface area contributed by atoms with Crippen molar-refractivity contribution in [3.63, 3.8) is 0 Å². The summed E-state index contributed by atoms with van der Waals surface area (Å²) in [7, 11) is 1.93. The Bertz CT molecular complexity index is 1570. The van der Waals surface area contributed by atoms with Gasteiger partial charge in [-0.2, -0.15) is 0 Å². The third-order valence-electron chi connectivity index (χ3n) is 7.34. The average Bonchev–Trinajstić information content (AvgIpc) is 3.02. The number of hydrogen-bond acceptors (Lipinski definition) is 7. The van der Waals surface area contributed by atoms with Gasteiger partial charge in [0.15, 0.2) is 5.82 Å². The number of aromatic nitrogens is 2. The van der Waals surface area contributed by atoms with Crippen molar-refractivity contribution >= 4 is 35.3 Å². The Morgan fingerprint density at radius 2 is 1.20 bits per heavy atom. The van der Waals surface area contributed by atoms with Crippen LogP contribution in [0.3, 0.4) is 0 Å². The maximum atomic E-state index is 13.3. The first-order valence-corrected chi connectivity index (χ1v) is 16.7. The molecule has 3 amide bonds. The number of benzene rings is 2. The van der Waals surface area contributed by atoms with Crippen LogP contribution in [0.15, 0.2) is 48.8 Å². The second kappa shape index (κ2) is 21.2. The normalized spacial score (nSPS) is 11.9. The van der Waals surface area contributed by atoms with Gasteiger partial charge in [0.1, 0.15) is 41.2 Å². The van der Waals surface area contributed by atoms with Gasteiger partial charge in [0.25, 0.3) is 0 Å². The van der Waals surface area contributed by atoms with Gasteiger partial charge in [0, 0.05) is 25.7 Å². The Morgan fingerprint density at radius 3 is 1.61 bits per heavy atom. The molecule has 0 aliphatic rings. The molecule has 51 heavy (non-hydrogen) atoms. The molecule has 15 heteroatoms. The van der Waals surface area contributed by atoms with E-state index >= 15 is 0 Å². The second-order valence-electron chi connectivity index (χ2n) is 12.4. The molecule has 278 valence electrons. The van der Waals surface area contributed by atoms with E-state index in [1.807, 2.05) is 18.9 Å². The van der Waals surface area contributed by atoms with Gasteiger partial charge in [-0.3, -0.25) is 14.4 Å². The van der Waals surface area contributed by atoms with E-state index in [0.29, 0.717) is 43.5 Å². The average molecular weight is 719 g/mol. The van der Waals surface area contributed by atoms with Crippen LogP contribution in [0.4, 0.5) is 29.2 Å². The molecule has 3 aromatic rings. The molecule has 0 bridgehead atoms. The first-order chi connectivity index (χ1) is 24.1. The van der Waals surface area contributed by atoms with Crippen LogP contribution in [0.25, 0.3) is 0 Å². The highest BCUT2D eigenvalue weighted by molar-refractivity contribution is 5.96. The zero-order chi connectivity index (χ0) is 38.1. The van der Waals surface area contributed by atoms with Crippen molar-refractivity contribution in [2.75, 3.05) is 23.8 Å². The number of aliphatic carboxylic acids is 1. The summed E-state index contributed by atoms with van der Waals surface area (Å²) in [6.45, 7) is 8.83. The molecule has 2 aromatic carbocycles. The minimum absolute atomic E-state index is 0.163. The van der Waals surface area contributed by atoms with Crippen molar-refractivity contribution in [1.82, 2.24) is 20.6 Å². The molecule has 0 saturated heterocycles. The van der Waals surface area contributed by atoms with Crippen molar-refractivity contribution in [1.29, 1.82) is 0 Å². The van der Waals surface area contributed by atoms with Crippen LogP contribution >= 0.6 is 0 Å². The topological polar surface area (TPSA) is 154 Å². The standard InChI is InChI=1S/C23H31F2N5O2.C13H15F2NO3/c1-5-6-19(28-22(31)11-16-9-17(24)12-18(25)10-16)23(32)29-20-13-27-21(14-26-20)30(4)8-7-15(2)3;1-2-3-11(13(18)19)16-12(17)6-8-4-9(14)7-10(15)5-8/h9-10,12-15,19H,5-8,11H2,1-4H3,(H,28,31)(H,26,29,32);4-5,7,11H,2-3,6H2,1H3,(H,16,17)(H,18,19). The maximum Gasteiger partial charge on any atom is 0.326 e. The Balaban J connectivity index is 0.000000404. The van der Waals surface area contributed by atoms with E-state index < -0.39 is 59.0 Å². The summed E-state index contributed by atoms with van der Waals surface area (Å²) in [5.74, 6) is -4.14. The molecule has 0 saturated carbocycles. The largest absolute Gasteiger partial charge is 0.480 e. The van der Waals surface area contributed by atoms with Crippen LogP contribution < -0.4 is 20.9 Å². The van der Waals surface area contributed by atoms with E-state index in [9.17, 15) is 36.7 Å². The number of amides is 3. The summed E-state index contributed by atoms with van der Waals surface area (Å²) >= 11 is 0. The lowest BCUT2D eigenvalue weighted by Gasteiger charge is -2.20. The molecule has 0 aliphatic heterocycles. The quantitative estimate of drug-likeness (QED) is 0.132. The van der Waals surface area contributed by atoms with Crippen LogP contribution in [-0.2, 0) is 32.0 Å². The summed E-state index contributed by atoms with van der Waals surface area (Å²) in [6.07, 6.45) is 5.54. The molecule has 2 unspecified atom stereocenters. The van der Waals surface area contributed by atoms with Crippen molar-refractivity contribution in [2.24, 2.45) is 5.92 Å². The van der Waals surface area contributed by atoms with Gasteiger partial charge in [-0.05, 0) is 60.6 Å². The highest BCUT2D eigenvalue weighted by Crippen LogP contribution is 2.14. The monoisotopic (exact) mass is 718 g/mol. The second-order valence-corrected chi connectivity index (χ2v) is 12.4. The van der Waals surface area contributed by atoms with Gasteiger partial charge in [-0.1, -0.05) is 40.5 Å². The fourth-order valence-corrected chi connectivity index (χ4v) is 4.75. The summed E-state index contributed by atoms with van der Waals surface area (Å²) in [6, 6.07) is 3.93. The van der Waals surface area contributed by atoms with E-state index in [2.05, 4.69) is 39.8 Å². The van der Waals surface area contributed by atoms with Gasteiger partial charge < -0.3 is 26.0 Å². The number of carboxylic acids is 1. The van der Waals surface area contributed by atoms with Gasteiger partial charge in [-0.15, -0.1) is 0 Å². The molecule has 0 spiro atoms. The van der Waals surface area contributed by atoms with Gasteiger partial charge in [0.05, 0.1) is 25.2 Å². The first kappa shape index (κ1) is 42.1. The number of hydrogen-bond donors (Lipinski definition) is 4. The van der Waals surface area contributed by atoms with E-state index in [1.54, 1.807) is 13.1 Å². The van der Waals surface area contributed by atoms with Crippen LogP contribution in [0, 0.1) is 29.2 Å². The van der Waals surface area contributed by atoms with Crippen molar-refractivity contribution in [3.8, 4) is 0 Å². The van der Waals surface area contributed by atoms with E-state index in [4.69, 9.17) is 5.11 Å². The fourth-order valence-electron chi connectivity index (χ4n) is 4.75. The molecule has 2 atom stereocenters. The maximum absolute atomic E-state index is 13.3. The SMILES string of the molecule is CCCC(NC(=O)Cc1cc(F)cc(F)c1)C(=O)Nc1cnc(N(C)CCC(C)C)cn1.CCCC(NC(=O)Cc1cc(F)cc(F)c1)C(=O)O. The number of anilines is 2. The number of halogens is 4. The summed E-state index contributed by atoms with van der Waals surface area (Å²) < 4.78 is 52.5. The van der Waals surface area contributed by atoms with Crippen molar-refractivity contribution in [2.45, 2.75) is 84.7 Å². The lowest BCUT2D eigenvalue weighted by atomic mass is 10.1. The molecular formula is C36H46F4N6O5. The van der Waals surface area contributed by atoms with Crippen LogP contribution in [0.1, 0.15) is 70.9 Å². The zero-order valence-corrected chi connectivity index (χ0v) is 29.4. The van der Waals surface area contributed by atoms with Crippen molar-refractivity contribution < 1.29 is 41.8 Å². The fraction of sp³-hybridized carbons (Fsp3) is 0.444. The molecule has 0 aliphatic carbocycles. The number of rotatable bonds is 17. The highest BCUT2D eigenvalue weighted by atomic mass is 19.1. The third-order valence-corrected chi connectivity index (χ3v) is 7.34. The van der Waals surface area contributed by atoms with Crippen LogP contribution in [0.5, 0.6) is 0 Å². The lowest BCUT2D eigenvalue weighted by Crippen LogP contribution is -2.44. The molecule has 0 fully saturated rings. The predicted molar refractivity (Wildman–Crippen MR) is 185 cm³/mol. The minimum Gasteiger partial charge on any atom is -0.480 e. The van der Waals surface area contributed by atoms with Gasteiger partial charge >= 0.3 is 5.97 Å². The molecule has 11 nitrogen and oxygen atoms in total. The molecular weight excluding hydrogens is 672 g/mol. The number of carbonyl (C=O) groups is 4. The van der Waals surface area contributed by atoms with E-state index in [-0.39, 0.29) is 29.8 Å². The highest BCUT2D eigenvalue weighted by Gasteiger charge is 2.22. The van der Waals surface area contributed by atoms with Gasteiger partial charge in [0.2, 0.25) is 17.7 Å². The summed E-state index contributed by atoms with van der Waals surface area (Å²) in [5, 5.41) is 16.5. The molecule has 1 aromatic heterocycles. The molecule has 1 heterocycles. The Labute approximate surface area is 295 Å². The minimum atomic E-state index is -1.12. The summed E-state index contributed by atoms with van der Waals surface area (Å²) in [4.78, 5) is 58.0. The Hall–Kier alpha value is -5.08. The molecule has 0 radical (unpaired) electrons. The molecule has 4 N–H and O–H groups in total. The van der Waals surface area contributed by atoms with E-state index in [0.717, 1.165) is 43.3 Å². The van der Waals surface area contributed by atoms with Crippen LogP contribution in [-0.4, -0.2) is 64.4 Å². The van der Waals surface area contributed by atoms with Gasteiger partial charge in [-0.25, -0.2) is 32.3 Å². The number of carbonyl (C=O) groups excluding carboxylic acids is 3. The van der Waals surface area contributed by atoms with Crippen LogP contribution in [0.2, 0.25) is 0 Å². The zero-order valence-electron chi connectivity index (χ0n) is 29.4. The third kappa shape index (κ3) is 16.0. The Morgan fingerprint density at radius 1 is 0.725 bits per heavy atom.